The zero-order chi connectivity index (χ0) is 25.5. The van der Waals surface area contributed by atoms with Crippen molar-refractivity contribution in [3.63, 3.8) is 0 Å². The van der Waals surface area contributed by atoms with Gasteiger partial charge in [0.1, 0.15) is 6.54 Å². The quantitative estimate of drug-likeness (QED) is 0.723. The number of alkyl halides is 3. The Labute approximate surface area is 199 Å². The number of halogens is 3. The number of aryl methyl sites for hydroxylation is 1. The number of likely N-dealkylation sites (tertiary alicyclic amines) is 1. The molecule has 0 radical (unpaired) electrons. The number of hydrogen-bond donors (Lipinski definition) is 1. The molecule has 2 heterocycles. The number of anilines is 1. The fourth-order valence-corrected chi connectivity index (χ4v) is 4.46. The molecule has 35 heavy (non-hydrogen) atoms. The molecule has 2 aliphatic heterocycles. The maximum Gasteiger partial charge on any atom is 0.416 e. The van der Waals surface area contributed by atoms with Crippen molar-refractivity contribution in [3.05, 3.63) is 64.7 Å². The third kappa shape index (κ3) is 4.16. The molecule has 4 rings (SSSR count). The summed E-state index contributed by atoms with van der Waals surface area (Å²) in [6.07, 6.45) is -4.49. The van der Waals surface area contributed by atoms with Gasteiger partial charge < -0.3 is 20.0 Å². The van der Waals surface area contributed by atoms with Crippen LogP contribution in [0.25, 0.3) is 0 Å². The summed E-state index contributed by atoms with van der Waals surface area (Å²) >= 11 is 0. The van der Waals surface area contributed by atoms with Crippen LogP contribution in [0, 0.1) is 18.3 Å². The van der Waals surface area contributed by atoms with E-state index in [0.29, 0.717) is 22.4 Å². The van der Waals surface area contributed by atoms with Crippen molar-refractivity contribution in [2.75, 3.05) is 31.6 Å². The summed E-state index contributed by atoms with van der Waals surface area (Å²) in [5.74, 6) is -0.795. The van der Waals surface area contributed by atoms with Gasteiger partial charge in [-0.15, -0.1) is 0 Å². The third-order valence-electron chi connectivity index (χ3n) is 6.42. The molecule has 0 atom stereocenters. The first-order chi connectivity index (χ1) is 16.5. The fraction of sp³-hybridized carbons (Fsp3) is 0.333. The lowest BCUT2D eigenvalue weighted by atomic mass is 9.83. The molecule has 4 amide bonds. The van der Waals surface area contributed by atoms with E-state index < -0.39 is 35.1 Å². The molecule has 2 fully saturated rings. The molecular weight excluding hydrogens is 463 g/mol. The summed E-state index contributed by atoms with van der Waals surface area (Å²) in [6, 6.07) is 10.9. The second kappa shape index (κ2) is 8.61. The molecule has 2 aliphatic rings. The van der Waals surface area contributed by atoms with Crippen molar-refractivity contribution in [3.8, 4) is 6.07 Å². The van der Waals surface area contributed by atoms with Crippen LogP contribution >= 0.6 is 0 Å². The highest BCUT2D eigenvalue weighted by atomic mass is 19.4. The van der Waals surface area contributed by atoms with Crippen molar-refractivity contribution >= 4 is 23.5 Å². The van der Waals surface area contributed by atoms with E-state index >= 15 is 0 Å². The molecule has 0 unspecified atom stereocenters. The number of urea groups is 1. The Hall–Kier alpha value is -4.07. The van der Waals surface area contributed by atoms with Crippen LogP contribution in [0.1, 0.15) is 22.3 Å². The summed E-state index contributed by atoms with van der Waals surface area (Å²) in [4.78, 5) is 43.2. The Morgan fingerprint density at radius 1 is 1.14 bits per heavy atom. The second-order valence-corrected chi connectivity index (χ2v) is 8.62. The van der Waals surface area contributed by atoms with Gasteiger partial charge in [-0.3, -0.25) is 9.59 Å². The zero-order valence-corrected chi connectivity index (χ0v) is 19.0. The minimum atomic E-state index is -4.49. The SMILES string of the molecule is CNC(=O)N1CC2(C1)C(=O)N(c1ccc(C#N)c(C)c1)CC(=O)N2Cc1ccc(C(F)(F)F)cc1. The molecule has 0 aliphatic carbocycles. The van der Waals surface area contributed by atoms with Gasteiger partial charge in [-0.1, -0.05) is 12.1 Å². The molecule has 0 aromatic heterocycles. The van der Waals surface area contributed by atoms with E-state index in [-0.39, 0.29) is 26.2 Å². The maximum absolute atomic E-state index is 13.7. The van der Waals surface area contributed by atoms with Crippen LogP contribution in [0.5, 0.6) is 0 Å². The minimum absolute atomic E-state index is 0.0519. The van der Waals surface area contributed by atoms with Gasteiger partial charge in [-0.25, -0.2) is 4.79 Å². The van der Waals surface area contributed by atoms with Crippen LogP contribution in [0.15, 0.2) is 42.5 Å². The third-order valence-corrected chi connectivity index (χ3v) is 6.42. The average Bonchev–Trinajstić information content (AvgIpc) is 2.79. The molecule has 11 heteroatoms. The van der Waals surface area contributed by atoms with Gasteiger partial charge in [0.05, 0.1) is 30.3 Å². The lowest BCUT2D eigenvalue weighted by Gasteiger charge is -2.57. The number of rotatable bonds is 3. The van der Waals surface area contributed by atoms with Crippen LogP contribution in [0.3, 0.4) is 0 Å². The maximum atomic E-state index is 13.7. The van der Waals surface area contributed by atoms with Gasteiger partial charge >= 0.3 is 12.2 Å². The first-order valence-electron chi connectivity index (χ1n) is 10.8. The monoisotopic (exact) mass is 485 g/mol. The van der Waals surface area contributed by atoms with Crippen molar-refractivity contribution in [2.24, 2.45) is 0 Å². The van der Waals surface area contributed by atoms with E-state index in [2.05, 4.69) is 11.4 Å². The number of nitriles is 1. The highest BCUT2D eigenvalue weighted by molar-refractivity contribution is 6.10. The smallest absolute Gasteiger partial charge is 0.341 e. The summed E-state index contributed by atoms with van der Waals surface area (Å²) < 4.78 is 38.8. The summed E-state index contributed by atoms with van der Waals surface area (Å²) in [6.45, 7) is 1.27. The van der Waals surface area contributed by atoms with Crippen LogP contribution < -0.4 is 10.2 Å². The molecule has 182 valence electrons. The molecule has 8 nitrogen and oxygen atoms in total. The number of benzene rings is 2. The number of hydrogen-bond acceptors (Lipinski definition) is 4. The van der Waals surface area contributed by atoms with Crippen LogP contribution in [0.4, 0.5) is 23.7 Å². The molecule has 2 aromatic carbocycles. The van der Waals surface area contributed by atoms with Gasteiger partial charge in [0.2, 0.25) is 5.91 Å². The van der Waals surface area contributed by atoms with E-state index in [4.69, 9.17) is 0 Å². The Morgan fingerprint density at radius 3 is 2.34 bits per heavy atom. The predicted octanol–water partition coefficient (Wildman–Crippen LogP) is 2.65. The predicted molar refractivity (Wildman–Crippen MR) is 119 cm³/mol. The van der Waals surface area contributed by atoms with E-state index in [0.717, 1.165) is 12.1 Å². The van der Waals surface area contributed by atoms with Crippen molar-refractivity contribution in [2.45, 2.75) is 25.2 Å². The minimum Gasteiger partial charge on any atom is -0.341 e. The topological polar surface area (TPSA) is 96.7 Å². The van der Waals surface area contributed by atoms with Crippen molar-refractivity contribution < 1.29 is 27.6 Å². The van der Waals surface area contributed by atoms with Gasteiger partial charge in [0, 0.05) is 19.3 Å². The summed E-state index contributed by atoms with van der Waals surface area (Å²) in [5.41, 5.74) is -0.198. The Kier molecular flexibility index (Phi) is 5.92. The largest absolute Gasteiger partial charge is 0.416 e. The van der Waals surface area contributed by atoms with Crippen LogP contribution in [-0.4, -0.2) is 59.9 Å². The van der Waals surface area contributed by atoms with Gasteiger partial charge in [-0.05, 0) is 48.4 Å². The highest BCUT2D eigenvalue weighted by Crippen LogP contribution is 2.37. The summed E-state index contributed by atoms with van der Waals surface area (Å²) in [5, 5.41) is 11.7. The molecule has 0 bridgehead atoms. The first kappa shape index (κ1) is 24.1. The van der Waals surface area contributed by atoms with Crippen LogP contribution in [0.2, 0.25) is 0 Å². The molecule has 2 aromatic rings. The summed E-state index contributed by atoms with van der Waals surface area (Å²) in [7, 11) is 1.45. The average molecular weight is 485 g/mol. The lowest BCUT2D eigenvalue weighted by molar-refractivity contribution is -0.161. The Balaban J connectivity index is 1.66. The molecule has 1 spiro atoms. The van der Waals surface area contributed by atoms with E-state index in [9.17, 15) is 32.8 Å². The van der Waals surface area contributed by atoms with Gasteiger partial charge in [0.15, 0.2) is 5.54 Å². The number of carbonyl (C=O) groups is 3. The van der Waals surface area contributed by atoms with E-state index in [1.54, 1.807) is 25.1 Å². The highest BCUT2D eigenvalue weighted by Gasteiger charge is 2.60. The van der Waals surface area contributed by atoms with Gasteiger partial charge in [0.25, 0.3) is 5.91 Å². The number of amides is 4. The number of nitrogens with one attached hydrogen (secondary N) is 1. The molecular formula is C24H22F3N5O3. The molecule has 2 saturated heterocycles. The van der Waals surface area contributed by atoms with Crippen LogP contribution in [-0.2, 0) is 22.3 Å². The van der Waals surface area contributed by atoms with Crippen molar-refractivity contribution in [1.29, 1.82) is 5.26 Å². The zero-order valence-electron chi connectivity index (χ0n) is 19.0. The Morgan fingerprint density at radius 2 is 1.80 bits per heavy atom. The van der Waals surface area contributed by atoms with Crippen molar-refractivity contribution in [1.82, 2.24) is 15.1 Å². The lowest BCUT2D eigenvalue weighted by Crippen LogP contribution is -2.81. The second-order valence-electron chi connectivity index (χ2n) is 8.62. The Bertz CT molecular complexity index is 1230. The number of nitrogens with zero attached hydrogens (tertiary/aromatic N) is 4. The number of carbonyl (C=O) groups excluding carboxylic acids is 3. The first-order valence-corrected chi connectivity index (χ1v) is 10.8. The normalized spacial score (nSPS) is 17.3. The van der Waals surface area contributed by atoms with E-state index in [1.807, 2.05) is 0 Å². The van der Waals surface area contributed by atoms with Gasteiger partial charge in [-0.2, -0.15) is 18.4 Å². The number of piperazine rings is 1. The standard InChI is InChI=1S/C24H22F3N5O3/c1-15-9-19(8-5-17(15)10-28)31-12-20(33)32(11-16-3-6-18(7-4-16)24(25,26)27)23(21(31)34)13-30(14-23)22(35)29-2/h3-9H,11-14H2,1-2H3,(H,29,35). The molecule has 0 saturated carbocycles. The molecule has 1 N–H and O–H groups in total. The fourth-order valence-electron chi connectivity index (χ4n) is 4.46. The van der Waals surface area contributed by atoms with E-state index in [1.165, 1.54) is 33.9 Å².